The molecule has 2 aromatic carbocycles. The van der Waals surface area contributed by atoms with Crippen LogP contribution >= 0.6 is 0 Å². The Kier molecular flexibility index (Phi) is 6.34. The molecule has 0 bridgehead atoms. The van der Waals surface area contributed by atoms with Crippen LogP contribution in [0.2, 0.25) is 0 Å². The molecule has 1 heterocycles. The molecule has 0 fully saturated rings. The van der Waals surface area contributed by atoms with Crippen molar-refractivity contribution in [2.75, 3.05) is 18.9 Å². The van der Waals surface area contributed by atoms with Crippen LogP contribution in [0.4, 0.5) is 10.1 Å². The fourth-order valence-corrected chi connectivity index (χ4v) is 2.77. The van der Waals surface area contributed by atoms with Crippen molar-refractivity contribution in [3.05, 3.63) is 84.3 Å². The van der Waals surface area contributed by atoms with Crippen molar-refractivity contribution in [1.82, 2.24) is 9.88 Å². The Bertz CT molecular complexity index is 899. The predicted molar refractivity (Wildman–Crippen MR) is 107 cm³/mol. The van der Waals surface area contributed by atoms with Crippen LogP contribution in [-0.4, -0.2) is 29.4 Å². The van der Waals surface area contributed by atoms with Crippen LogP contribution < -0.4 is 10.1 Å². The second-order valence-corrected chi connectivity index (χ2v) is 6.32. The molecule has 5 nitrogen and oxygen atoms in total. The minimum absolute atomic E-state index is 0.135. The molecular weight excluding hydrogens is 357 g/mol. The van der Waals surface area contributed by atoms with Gasteiger partial charge in [-0.3, -0.25) is 9.69 Å². The molecule has 28 heavy (non-hydrogen) atoms. The van der Waals surface area contributed by atoms with Crippen LogP contribution in [0.15, 0.2) is 72.9 Å². The summed E-state index contributed by atoms with van der Waals surface area (Å²) < 4.78 is 18.5. The summed E-state index contributed by atoms with van der Waals surface area (Å²) in [7, 11) is 1.91. The minimum atomic E-state index is -0.402. The zero-order valence-electron chi connectivity index (χ0n) is 15.8. The summed E-state index contributed by atoms with van der Waals surface area (Å²) in [6.45, 7) is 2.74. The number of carbonyl (C=O) groups is 1. The highest BCUT2D eigenvalue weighted by molar-refractivity contribution is 5.95. The van der Waals surface area contributed by atoms with Crippen LogP contribution in [0, 0.1) is 5.82 Å². The van der Waals surface area contributed by atoms with Crippen molar-refractivity contribution in [3.63, 3.8) is 0 Å². The molecule has 0 radical (unpaired) electrons. The molecule has 144 valence electrons. The number of nitrogens with one attached hydrogen (secondary N) is 1. The highest BCUT2D eigenvalue weighted by atomic mass is 19.1. The second-order valence-electron chi connectivity index (χ2n) is 6.32. The average Bonchev–Trinajstić information content (AvgIpc) is 2.72. The van der Waals surface area contributed by atoms with E-state index in [0.717, 1.165) is 12.1 Å². The van der Waals surface area contributed by atoms with E-state index in [1.807, 2.05) is 49.2 Å². The normalized spacial score (nSPS) is 11.9. The van der Waals surface area contributed by atoms with Gasteiger partial charge in [0.05, 0.1) is 11.9 Å². The van der Waals surface area contributed by atoms with E-state index in [9.17, 15) is 9.18 Å². The van der Waals surface area contributed by atoms with Gasteiger partial charge in [-0.25, -0.2) is 9.37 Å². The van der Waals surface area contributed by atoms with Crippen molar-refractivity contribution in [2.45, 2.75) is 13.0 Å². The van der Waals surface area contributed by atoms with E-state index in [1.165, 1.54) is 30.5 Å². The lowest BCUT2D eigenvalue weighted by Crippen LogP contribution is -2.34. The number of likely N-dealkylation sites (N-methyl/N-ethyl adjacent to an activating group) is 1. The first-order valence-corrected chi connectivity index (χ1v) is 9.02. The molecule has 0 aliphatic rings. The van der Waals surface area contributed by atoms with E-state index < -0.39 is 6.04 Å². The van der Waals surface area contributed by atoms with E-state index in [0.29, 0.717) is 17.3 Å². The van der Waals surface area contributed by atoms with Gasteiger partial charge >= 0.3 is 0 Å². The molecule has 1 unspecified atom stereocenters. The quantitative estimate of drug-likeness (QED) is 0.650. The number of pyridine rings is 1. The van der Waals surface area contributed by atoms with Crippen LogP contribution in [0.1, 0.15) is 18.5 Å². The Labute approximate surface area is 163 Å². The third kappa shape index (κ3) is 4.92. The fraction of sp³-hybridized carbons (Fsp3) is 0.182. The molecule has 3 aromatic rings. The van der Waals surface area contributed by atoms with Crippen LogP contribution in [0.5, 0.6) is 11.6 Å². The molecule has 0 aliphatic heterocycles. The van der Waals surface area contributed by atoms with E-state index in [4.69, 9.17) is 4.74 Å². The number of carbonyl (C=O) groups excluding carboxylic acids is 1. The van der Waals surface area contributed by atoms with Gasteiger partial charge in [-0.05, 0) is 49.5 Å². The molecule has 0 spiro atoms. The predicted octanol–water partition coefficient (Wildman–Crippen LogP) is 4.64. The van der Waals surface area contributed by atoms with Gasteiger partial charge in [0.15, 0.2) is 0 Å². The molecular formula is C22H22FN3O2. The fourth-order valence-electron chi connectivity index (χ4n) is 2.77. The van der Waals surface area contributed by atoms with E-state index >= 15 is 0 Å². The molecule has 1 aromatic heterocycles. The Morgan fingerprint density at radius 1 is 1.11 bits per heavy atom. The third-order valence-electron chi connectivity index (χ3n) is 4.34. The van der Waals surface area contributed by atoms with Gasteiger partial charge in [0, 0.05) is 6.07 Å². The molecule has 1 N–H and O–H groups in total. The van der Waals surface area contributed by atoms with Crippen molar-refractivity contribution < 1.29 is 13.9 Å². The number of ether oxygens (including phenoxy) is 1. The maximum atomic E-state index is 13.0. The monoisotopic (exact) mass is 379 g/mol. The lowest BCUT2D eigenvalue weighted by atomic mass is 10.0. The number of hydrogen-bond acceptors (Lipinski definition) is 4. The SMILES string of the molecule is CCN(C)C(C(=O)Nc1ccc(Oc2ccc(F)cc2)nc1)c1ccccc1. The first-order valence-electron chi connectivity index (χ1n) is 9.02. The van der Waals surface area contributed by atoms with E-state index in [-0.39, 0.29) is 11.7 Å². The first-order chi connectivity index (χ1) is 13.6. The van der Waals surface area contributed by atoms with Crippen molar-refractivity contribution in [2.24, 2.45) is 0 Å². The zero-order chi connectivity index (χ0) is 19.9. The number of benzene rings is 2. The van der Waals surface area contributed by atoms with Gasteiger partial charge in [-0.2, -0.15) is 0 Å². The van der Waals surface area contributed by atoms with Crippen LogP contribution in [-0.2, 0) is 4.79 Å². The highest BCUT2D eigenvalue weighted by Gasteiger charge is 2.24. The van der Waals surface area contributed by atoms with Crippen molar-refractivity contribution in [1.29, 1.82) is 0 Å². The summed E-state index contributed by atoms with van der Waals surface area (Å²) >= 11 is 0. The van der Waals surface area contributed by atoms with Crippen molar-refractivity contribution >= 4 is 11.6 Å². The highest BCUT2D eigenvalue weighted by Crippen LogP contribution is 2.23. The third-order valence-corrected chi connectivity index (χ3v) is 4.34. The number of amides is 1. The Morgan fingerprint density at radius 3 is 2.43 bits per heavy atom. The summed E-state index contributed by atoms with van der Waals surface area (Å²) in [5.74, 6) is 0.377. The number of hydrogen-bond donors (Lipinski definition) is 1. The lowest BCUT2D eigenvalue weighted by Gasteiger charge is -2.26. The number of aromatic nitrogens is 1. The summed E-state index contributed by atoms with van der Waals surface area (Å²) in [5.41, 5.74) is 1.50. The summed E-state index contributed by atoms with van der Waals surface area (Å²) in [5, 5.41) is 2.91. The molecule has 0 aliphatic carbocycles. The lowest BCUT2D eigenvalue weighted by molar-refractivity contribution is -0.121. The topological polar surface area (TPSA) is 54.5 Å². The smallest absolute Gasteiger partial charge is 0.246 e. The van der Waals surface area contributed by atoms with Gasteiger partial charge in [0.25, 0.3) is 0 Å². The summed E-state index contributed by atoms with van der Waals surface area (Å²) in [4.78, 5) is 19.1. The van der Waals surface area contributed by atoms with Gasteiger partial charge in [-0.15, -0.1) is 0 Å². The summed E-state index contributed by atoms with van der Waals surface area (Å²) in [6, 6.07) is 18.3. The van der Waals surface area contributed by atoms with Gasteiger partial charge in [-0.1, -0.05) is 37.3 Å². The zero-order valence-corrected chi connectivity index (χ0v) is 15.8. The molecule has 1 atom stereocenters. The number of rotatable bonds is 7. The molecule has 0 saturated carbocycles. The van der Waals surface area contributed by atoms with Crippen LogP contribution in [0.3, 0.4) is 0 Å². The number of nitrogens with zero attached hydrogens (tertiary/aromatic N) is 2. The maximum Gasteiger partial charge on any atom is 0.246 e. The molecule has 1 amide bonds. The standard InChI is InChI=1S/C22H22FN3O2/c1-3-26(2)21(16-7-5-4-6-8-16)22(27)25-18-11-14-20(24-15-18)28-19-12-9-17(23)10-13-19/h4-15,21H,3H2,1-2H3,(H,25,27). The Morgan fingerprint density at radius 2 is 1.82 bits per heavy atom. The average molecular weight is 379 g/mol. The van der Waals surface area contributed by atoms with Crippen molar-refractivity contribution in [3.8, 4) is 11.6 Å². The molecule has 6 heteroatoms. The summed E-state index contributed by atoms with van der Waals surface area (Å²) in [6.07, 6.45) is 1.53. The maximum absolute atomic E-state index is 13.0. The van der Waals surface area contributed by atoms with Gasteiger partial charge in [0.1, 0.15) is 17.6 Å². The largest absolute Gasteiger partial charge is 0.439 e. The number of anilines is 1. The number of halogens is 1. The second kappa shape index (κ2) is 9.10. The Hall–Kier alpha value is -3.25. The first kappa shape index (κ1) is 19.5. The van der Waals surface area contributed by atoms with Crippen LogP contribution in [0.25, 0.3) is 0 Å². The van der Waals surface area contributed by atoms with Gasteiger partial charge in [0.2, 0.25) is 11.8 Å². The minimum Gasteiger partial charge on any atom is -0.439 e. The molecule has 0 saturated heterocycles. The van der Waals surface area contributed by atoms with Gasteiger partial charge < -0.3 is 10.1 Å². The molecule has 3 rings (SSSR count). The Balaban J connectivity index is 1.69. The van der Waals surface area contributed by atoms with E-state index in [2.05, 4.69) is 10.3 Å². The van der Waals surface area contributed by atoms with E-state index in [1.54, 1.807) is 12.1 Å².